The third-order valence-electron chi connectivity index (χ3n) is 3.91. The van der Waals surface area contributed by atoms with Gasteiger partial charge in [-0.25, -0.2) is 4.98 Å². The van der Waals surface area contributed by atoms with Crippen molar-refractivity contribution in [2.45, 2.75) is 20.4 Å². The lowest BCUT2D eigenvalue weighted by Gasteiger charge is -2.12. The molecule has 1 amide bonds. The van der Waals surface area contributed by atoms with Crippen molar-refractivity contribution in [1.82, 2.24) is 9.55 Å². The molecule has 0 unspecified atom stereocenters. The van der Waals surface area contributed by atoms with Gasteiger partial charge in [0.1, 0.15) is 6.54 Å². The minimum atomic E-state index is -0.369. The summed E-state index contributed by atoms with van der Waals surface area (Å²) in [6.07, 6.45) is 1.31. The largest absolute Gasteiger partial charge is 0.324 e. The van der Waals surface area contributed by atoms with Crippen molar-refractivity contribution in [2.24, 2.45) is 0 Å². The zero-order valence-corrected chi connectivity index (χ0v) is 15.1. The smallest absolute Gasteiger partial charge is 0.261 e. The van der Waals surface area contributed by atoms with Crippen LogP contribution in [0.5, 0.6) is 0 Å². The van der Waals surface area contributed by atoms with E-state index in [4.69, 9.17) is 23.2 Å². The number of amides is 1. The topological polar surface area (TPSA) is 64.0 Å². The molecular weight excluding hydrogens is 361 g/mol. The summed E-state index contributed by atoms with van der Waals surface area (Å²) in [5.41, 5.74) is 2.65. The van der Waals surface area contributed by atoms with E-state index in [1.807, 2.05) is 32.0 Å². The molecule has 1 aromatic heterocycles. The maximum Gasteiger partial charge on any atom is 0.261 e. The predicted octanol–water partition coefficient (Wildman–Crippen LogP) is 3.96. The second-order valence-electron chi connectivity index (χ2n) is 5.78. The number of aryl methyl sites for hydroxylation is 2. The van der Waals surface area contributed by atoms with E-state index in [9.17, 15) is 9.59 Å². The number of para-hydroxylation sites is 1. The number of carbonyl (C=O) groups excluding carboxylic acids is 1. The first-order valence-corrected chi connectivity index (χ1v) is 8.32. The highest BCUT2D eigenvalue weighted by atomic mass is 35.5. The normalized spacial score (nSPS) is 10.9. The second-order valence-corrected chi connectivity index (χ2v) is 6.62. The Labute approximate surface area is 154 Å². The Morgan fingerprint density at radius 2 is 1.88 bits per heavy atom. The standard InChI is InChI=1S/C18H15Cl2N3O2/c1-10-4-3-5-11(2)16(10)22-15(24)8-23-9-21-17-13(18(23)25)6-12(19)7-14(17)20/h3-7,9H,8H2,1-2H3,(H,22,24). The van der Waals surface area contributed by atoms with Gasteiger partial charge in [-0.05, 0) is 37.1 Å². The second kappa shape index (κ2) is 6.86. The van der Waals surface area contributed by atoms with Gasteiger partial charge in [0.25, 0.3) is 5.56 Å². The quantitative estimate of drug-likeness (QED) is 0.753. The molecular formula is C18H15Cl2N3O2. The summed E-state index contributed by atoms with van der Waals surface area (Å²) in [6, 6.07) is 8.77. The number of benzene rings is 2. The van der Waals surface area contributed by atoms with E-state index >= 15 is 0 Å². The van der Waals surface area contributed by atoms with Gasteiger partial charge in [-0.15, -0.1) is 0 Å². The van der Waals surface area contributed by atoms with Crippen molar-refractivity contribution in [3.63, 3.8) is 0 Å². The molecule has 128 valence electrons. The van der Waals surface area contributed by atoms with E-state index in [-0.39, 0.29) is 23.4 Å². The Hall–Kier alpha value is -2.37. The summed E-state index contributed by atoms with van der Waals surface area (Å²) >= 11 is 12.0. The van der Waals surface area contributed by atoms with Crippen molar-refractivity contribution in [2.75, 3.05) is 5.32 Å². The van der Waals surface area contributed by atoms with Crippen LogP contribution in [0.4, 0.5) is 5.69 Å². The maximum atomic E-state index is 12.6. The van der Waals surface area contributed by atoms with Crippen LogP contribution in [0.25, 0.3) is 10.9 Å². The first-order valence-electron chi connectivity index (χ1n) is 7.57. The Morgan fingerprint density at radius 1 is 1.20 bits per heavy atom. The van der Waals surface area contributed by atoms with E-state index in [0.717, 1.165) is 16.8 Å². The Balaban J connectivity index is 1.92. The molecule has 0 bridgehead atoms. The number of fused-ring (bicyclic) bond motifs is 1. The van der Waals surface area contributed by atoms with Crippen molar-refractivity contribution in [1.29, 1.82) is 0 Å². The molecule has 7 heteroatoms. The van der Waals surface area contributed by atoms with E-state index in [1.54, 1.807) is 0 Å². The van der Waals surface area contributed by atoms with E-state index in [0.29, 0.717) is 15.6 Å². The molecule has 1 heterocycles. The molecule has 25 heavy (non-hydrogen) atoms. The third-order valence-corrected chi connectivity index (χ3v) is 4.41. The van der Waals surface area contributed by atoms with Crippen LogP contribution in [-0.4, -0.2) is 15.5 Å². The summed E-state index contributed by atoms with van der Waals surface area (Å²) < 4.78 is 1.23. The van der Waals surface area contributed by atoms with Crippen molar-refractivity contribution < 1.29 is 4.79 Å². The van der Waals surface area contributed by atoms with Crippen LogP contribution in [0.3, 0.4) is 0 Å². The lowest BCUT2D eigenvalue weighted by molar-refractivity contribution is -0.116. The lowest BCUT2D eigenvalue weighted by atomic mass is 10.1. The first kappa shape index (κ1) is 17.5. The highest BCUT2D eigenvalue weighted by molar-refractivity contribution is 6.38. The molecule has 0 aliphatic heterocycles. The van der Waals surface area contributed by atoms with Crippen LogP contribution in [-0.2, 0) is 11.3 Å². The first-order chi connectivity index (χ1) is 11.9. The number of anilines is 1. The Kier molecular flexibility index (Phi) is 4.79. The van der Waals surface area contributed by atoms with Crippen LogP contribution in [0.1, 0.15) is 11.1 Å². The highest BCUT2D eigenvalue weighted by Gasteiger charge is 2.12. The molecule has 1 N–H and O–H groups in total. The molecule has 2 aromatic carbocycles. The lowest BCUT2D eigenvalue weighted by Crippen LogP contribution is -2.28. The van der Waals surface area contributed by atoms with Gasteiger partial charge in [-0.2, -0.15) is 0 Å². The molecule has 0 aliphatic rings. The van der Waals surface area contributed by atoms with Crippen molar-refractivity contribution in [3.05, 3.63) is 68.2 Å². The van der Waals surface area contributed by atoms with Crippen molar-refractivity contribution in [3.8, 4) is 0 Å². The fourth-order valence-corrected chi connectivity index (χ4v) is 3.19. The zero-order chi connectivity index (χ0) is 18.1. The number of hydrogen-bond donors (Lipinski definition) is 1. The minimum absolute atomic E-state index is 0.153. The number of rotatable bonds is 3. The van der Waals surface area contributed by atoms with Crippen LogP contribution in [0.15, 0.2) is 41.5 Å². The summed E-state index contributed by atoms with van der Waals surface area (Å²) in [4.78, 5) is 29.1. The summed E-state index contributed by atoms with van der Waals surface area (Å²) in [7, 11) is 0. The van der Waals surface area contributed by atoms with Gasteiger partial charge in [-0.3, -0.25) is 14.2 Å². The number of nitrogens with zero attached hydrogens (tertiary/aromatic N) is 2. The number of halogens is 2. The van der Waals surface area contributed by atoms with Crippen LogP contribution in [0.2, 0.25) is 10.0 Å². The van der Waals surface area contributed by atoms with E-state index in [2.05, 4.69) is 10.3 Å². The van der Waals surface area contributed by atoms with Crippen LogP contribution >= 0.6 is 23.2 Å². The van der Waals surface area contributed by atoms with Gasteiger partial charge in [0.15, 0.2) is 0 Å². The Bertz CT molecular complexity index is 1020. The van der Waals surface area contributed by atoms with Gasteiger partial charge in [0.05, 0.1) is 22.3 Å². The minimum Gasteiger partial charge on any atom is -0.324 e. The van der Waals surface area contributed by atoms with Crippen LogP contribution < -0.4 is 10.9 Å². The third kappa shape index (κ3) is 3.52. The molecule has 5 nitrogen and oxygen atoms in total. The molecule has 0 saturated carbocycles. The fraction of sp³-hybridized carbons (Fsp3) is 0.167. The number of nitrogens with one attached hydrogen (secondary N) is 1. The van der Waals surface area contributed by atoms with Gasteiger partial charge in [0, 0.05) is 10.7 Å². The predicted molar refractivity (Wildman–Crippen MR) is 101 cm³/mol. The number of hydrogen-bond acceptors (Lipinski definition) is 3. The average Bonchev–Trinajstić information content (AvgIpc) is 2.54. The van der Waals surface area contributed by atoms with Gasteiger partial charge in [-0.1, -0.05) is 41.4 Å². The molecule has 0 aliphatic carbocycles. The molecule has 0 saturated heterocycles. The zero-order valence-electron chi connectivity index (χ0n) is 13.6. The average molecular weight is 376 g/mol. The maximum absolute atomic E-state index is 12.6. The highest BCUT2D eigenvalue weighted by Crippen LogP contribution is 2.24. The van der Waals surface area contributed by atoms with Crippen molar-refractivity contribution >= 4 is 45.7 Å². The Morgan fingerprint density at radius 3 is 2.56 bits per heavy atom. The molecule has 3 rings (SSSR count). The van der Waals surface area contributed by atoms with Gasteiger partial charge in [0.2, 0.25) is 5.91 Å². The molecule has 3 aromatic rings. The monoisotopic (exact) mass is 375 g/mol. The van der Waals surface area contributed by atoms with Crippen LogP contribution in [0, 0.1) is 13.8 Å². The number of aromatic nitrogens is 2. The SMILES string of the molecule is Cc1cccc(C)c1NC(=O)Cn1cnc2c(Cl)cc(Cl)cc2c1=O. The molecule has 0 atom stereocenters. The van der Waals surface area contributed by atoms with E-state index < -0.39 is 0 Å². The molecule has 0 spiro atoms. The van der Waals surface area contributed by atoms with Gasteiger partial charge >= 0.3 is 0 Å². The van der Waals surface area contributed by atoms with Gasteiger partial charge < -0.3 is 5.32 Å². The summed E-state index contributed by atoms with van der Waals surface area (Å²) in [6.45, 7) is 3.67. The summed E-state index contributed by atoms with van der Waals surface area (Å²) in [5, 5.41) is 3.76. The molecule has 0 fully saturated rings. The number of carbonyl (C=O) groups is 1. The van der Waals surface area contributed by atoms with E-state index in [1.165, 1.54) is 23.0 Å². The molecule has 0 radical (unpaired) electrons. The fourth-order valence-electron chi connectivity index (χ4n) is 2.65. The summed E-state index contributed by atoms with van der Waals surface area (Å²) in [5.74, 6) is -0.311.